The first-order chi connectivity index (χ1) is 9.62. The third-order valence-electron chi connectivity index (χ3n) is 3.94. The molecule has 0 bridgehead atoms. The Morgan fingerprint density at radius 1 is 1.33 bits per heavy atom. The van der Waals surface area contributed by atoms with Crippen LogP contribution in [0.1, 0.15) is 38.1 Å². The summed E-state index contributed by atoms with van der Waals surface area (Å²) in [6.07, 6.45) is 1.79. The summed E-state index contributed by atoms with van der Waals surface area (Å²) in [5.41, 5.74) is 5.50. The minimum absolute atomic E-state index is 0.404. The molecule has 0 spiro atoms. The van der Waals surface area contributed by atoms with Crippen LogP contribution in [0.3, 0.4) is 0 Å². The monoisotopic (exact) mass is 287 g/mol. The van der Waals surface area contributed by atoms with Crippen LogP contribution in [0, 0.1) is 0 Å². The van der Waals surface area contributed by atoms with E-state index in [9.17, 15) is 9.90 Å². The SMILES string of the molecule is CC(C)(O)C(C)(C)O[B]c1cc(C(N)=O)cc2[nH]ccc12. The summed E-state index contributed by atoms with van der Waals surface area (Å²) in [4.78, 5) is 14.4. The van der Waals surface area contributed by atoms with E-state index in [0.717, 1.165) is 16.4 Å². The van der Waals surface area contributed by atoms with E-state index in [-0.39, 0.29) is 0 Å². The summed E-state index contributed by atoms with van der Waals surface area (Å²) in [7, 11) is 1.56. The molecule has 0 saturated heterocycles. The highest BCUT2D eigenvalue weighted by atomic mass is 16.5. The van der Waals surface area contributed by atoms with Crippen LogP contribution in [0.5, 0.6) is 0 Å². The summed E-state index contributed by atoms with van der Waals surface area (Å²) in [6.45, 7) is 6.98. The van der Waals surface area contributed by atoms with Gasteiger partial charge in [-0.15, -0.1) is 0 Å². The average molecular weight is 287 g/mol. The molecule has 0 saturated carbocycles. The van der Waals surface area contributed by atoms with Gasteiger partial charge >= 0.3 is 7.48 Å². The Labute approximate surface area is 124 Å². The van der Waals surface area contributed by atoms with Crippen LogP contribution in [-0.2, 0) is 4.65 Å². The molecule has 0 unspecified atom stereocenters. The zero-order valence-electron chi connectivity index (χ0n) is 12.7. The quantitative estimate of drug-likeness (QED) is 0.719. The third kappa shape index (κ3) is 3.11. The molecule has 1 heterocycles. The molecule has 1 aromatic carbocycles. The van der Waals surface area contributed by atoms with E-state index in [0.29, 0.717) is 5.56 Å². The number of aromatic amines is 1. The number of fused-ring (bicyclic) bond motifs is 1. The number of primary amides is 1. The van der Waals surface area contributed by atoms with Crippen molar-refractivity contribution in [3.8, 4) is 0 Å². The summed E-state index contributed by atoms with van der Waals surface area (Å²) >= 11 is 0. The van der Waals surface area contributed by atoms with Crippen LogP contribution in [0.15, 0.2) is 24.4 Å². The number of nitrogens with two attached hydrogens (primary N) is 1. The predicted octanol–water partition coefficient (Wildman–Crippen LogP) is 1.08. The van der Waals surface area contributed by atoms with Gasteiger partial charge in [-0.3, -0.25) is 4.79 Å². The zero-order chi connectivity index (χ0) is 15.8. The summed E-state index contributed by atoms with van der Waals surface area (Å²) < 4.78 is 5.75. The minimum Gasteiger partial charge on any atom is -0.427 e. The summed E-state index contributed by atoms with van der Waals surface area (Å²) in [5.74, 6) is -0.497. The van der Waals surface area contributed by atoms with Gasteiger partial charge in [0, 0.05) is 17.3 Å². The molecule has 2 rings (SSSR count). The van der Waals surface area contributed by atoms with E-state index < -0.39 is 17.1 Å². The highest BCUT2D eigenvalue weighted by Crippen LogP contribution is 2.24. The van der Waals surface area contributed by atoms with Gasteiger partial charge in [0.2, 0.25) is 5.91 Å². The molecule has 0 aliphatic carbocycles. The van der Waals surface area contributed by atoms with Crippen molar-refractivity contribution in [3.05, 3.63) is 30.0 Å². The van der Waals surface area contributed by atoms with Gasteiger partial charge in [0.15, 0.2) is 0 Å². The van der Waals surface area contributed by atoms with E-state index >= 15 is 0 Å². The van der Waals surface area contributed by atoms with Crippen molar-refractivity contribution in [2.75, 3.05) is 0 Å². The number of aromatic nitrogens is 1. The lowest BCUT2D eigenvalue weighted by Crippen LogP contribution is -2.49. The topological polar surface area (TPSA) is 88.3 Å². The molecule has 5 nitrogen and oxygen atoms in total. The Hall–Kier alpha value is -1.79. The highest BCUT2D eigenvalue weighted by Gasteiger charge is 2.35. The molecular weight excluding hydrogens is 267 g/mol. The molecular formula is C15H20BN2O3. The maximum atomic E-state index is 11.4. The van der Waals surface area contributed by atoms with Gasteiger partial charge in [0.05, 0.1) is 11.2 Å². The molecule has 1 aromatic heterocycles. The van der Waals surface area contributed by atoms with E-state index in [1.165, 1.54) is 0 Å². The maximum Gasteiger partial charge on any atom is 0.331 e. The highest BCUT2D eigenvalue weighted by molar-refractivity contribution is 6.51. The number of benzene rings is 1. The number of H-pyrrole nitrogens is 1. The summed E-state index contributed by atoms with van der Waals surface area (Å²) in [6, 6.07) is 5.28. The van der Waals surface area contributed by atoms with E-state index in [1.807, 2.05) is 6.07 Å². The number of hydrogen-bond acceptors (Lipinski definition) is 3. The molecule has 1 radical (unpaired) electrons. The van der Waals surface area contributed by atoms with Crippen LogP contribution in [-0.4, -0.2) is 34.7 Å². The van der Waals surface area contributed by atoms with Gasteiger partial charge in [-0.05, 0) is 50.7 Å². The van der Waals surface area contributed by atoms with Gasteiger partial charge in [-0.1, -0.05) is 6.07 Å². The lowest BCUT2D eigenvalue weighted by Gasteiger charge is -2.37. The van der Waals surface area contributed by atoms with Gasteiger partial charge in [0.1, 0.15) is 0 Å². The van der Waals surface area contributed by atoms with Crippen LogP contribution >= 0.6 is 0 Å². The fourth-order valence-corrected chi connectivity index (χ4v) is 1.79. The molecule has 2 aromatic rings. The van der Waals surface area contributed by atoms with Crippen molar-refractivity contribution >= 4 is 29.8 Å². The lowest BCUT2D eigenvalue weighted by molar-refractivity contribution is -0.0893. The maximum absolute atomic E-state index is 11.4. The van der Waals surface area contributed by atoms with Crippen LogP contribution < -0.4 is 11.2 Å². The number of rotatable bonds is 5. The average Bonchev–Trinajstić information content (AvgIpc) is 2.82. The first kappa shape index (κ1) is 15.6. The van der Waals surface area contributed by atoms with Gasteiger partial charge in [-0.25, -0.2) is 0 Å². The van der Waals surface area contributed by atoms with Crippen molar-refractivity contribution < 1.29 is 14.6 Å². The number of carbonyl (C=O) groups is 1. The second-order valence-electron chi connectivity index (χ2n) is 6.17. The van der Waals surface area contributed by atoms with Crippen LogP contribution in [0.4, 0.5) is 0 Å². The molecule has 21 heavy (non-hydrogen) atoms. The van der Waals surface area contributed by atoms with Crippen LogP contribution in [0.2, 0.25) is 0 Å². The Balaban J connectivity index is 2.34. The van der Waals surface area contributed by atoms with Crippen molar-refractivity contribution in [3.63, 3.8) is 0 Å². The standard InChI is InChI=1S/C15H20BN2O3/c1-14(2,20)15(3,4)21-16-11-7-9(13(17)19)8-12-10(11)5-6-18-12/h5-8,18,20H,1-4H3,(H2,17,19). The number of carbonyl (C=O) groups excluding carboxylic acids is 1. The molecule has 0 aliphatic rings. The normalized spacial score (nSPS) is 12.6. The number of hydrogen-bond donors (Lipinski definition) is 3. The zero-order valence-corrected chi connectivity index (χ0v) is 12.7. The molecule has 0 atom stereocenters. The third-order valence-corrected chi connectivity index (χ3v) is 3.94. The van der Waals surface area contributed by atoms with Crippen molar-refractivity contribution in [1.29, 1.82) is 0 Å². The minimum atomic E-state index is -1.01. The first-order valence-electron chi connectivity index (χ1n) is 6.76. The first-order valence-corrected chi connectivity index (χ1v) is 6.76. The largest absolute Gasteiger partial charge is 0.427 e. The van der Waals surface area contributed by atoms with Crippen molar-refractivity contribution in [2.45, 2.75) is 38.9 Å². The number of nitrogens with one attached hydrogen (secondary N) is 1. The van der Waals surface area contributed by atoms with Crippen LogP contribution in [0.25, 0.3) is 10.9 Å². The number of aliphatic hydroxyl groups is 1. The Bertz CT molecular complexity index is 671. The van der Waals surface area contributed by atoms with Gasteiger partial charge in [-0.2, -0.15) is 0 Å². The lowest BCUT2D eigenvalue weighted by atomic mass is 9.80. The molecule has 1 amide bonds. The second kappa shape index (κ2) is 5.20. The van der Waals surface area contributed by atoms with E-state index in [1.54, 1.807) is 53.5 Å². The predicted molar refractivity (Wildman–Crippen MR) is 83.7 cm³/mol. The van der Waals surface area contributed by atoms with Crippen molar-refractivity contribution in [2.24, 2.45) is 5.73 Å². The Kier molecular flexibility index (Phi) is 3.86. The fourth-order valence-electron chi connectivity index (χ4n) is 1.79. The molecule has 4 N–H and O–H groups in total. The summed E-state index contributed by atoms with van der Waals surface area (Å²) in [5, 5.41) is 11.0. The van der Waals surface area contributed by atoms with E-state index in [4.69, 9.17) is 10.4 Å². The molecule has 0 fully saturated rings. The molecule has 0 aliphatic heterocycles. The Morgan fingerprint density at radius 3 is 2.57 bits per heavy atom. The van der Waals surface area contributed by atoms with E-state index in [2.05, 4.69) is 4.98 Å². The second-order valence-corrected chi connectivity index (χ2v) is 6.17. The van der Waals surface area contributed by atoms with Crippen molar-refractivity contribution in [1.82, 2.24) is 4.98 Å². The van der Waals surface area contributed by atoms with Gasteiger partial charge in [0.25, 0.3) is 0 Å². The molecule has 111 valence electrons. The Morgan fingerprint density at radius 2 is 2.00 bits per heavy atom. The molecule has 6 heteroatoms. The smallest absolute Gasteiger partial charge is 0.331 e. The van der Waals surface area contributed by atoms with Gasteiger partial charge < -0.3 is 20.5 Å². The fraction of sp³-hybridized carbons (Fsp3) is 0.400. The number of amides is 1.